The molecular weight excluding hydrogens is 422 g/mol. The molecule has 9 heteroatoms. The third-order valence-electron chi connectivity index (χ3n) is 5.29. The Morgan fingerprint density at radius 1 is 1.32 bits per heavy atom. The van der Waals surface area contributed by atoms with Gasteiger partial charge in [-0.2, -0.15) is 0 Å². The fourth-order valence-electron chi connectivity index (χ4n) is 3.95. The van der Waals surface area contributed by atoms with Crippen LogP contribution < -0.4 is 9.46 Å². The number of aromatic nitrogens is 3. The predicted octanol–water partition coefficient (Wildman–Crippen LogP) is 5.28. The second kappa shape index (κ2) is 8.66. The molecule has 0 bridgehead atoms. The number of ketones is 1. The maximum absolute atomic E-state index is 15.2. The highest BCUT2D eigenvalue weighted by atomic mass is 32.2. The number of hydrogen-bond donors (Lipinski definition) is 2. The van der Waals surface area contributed by atoms with Crippen molar-refractivity contribution in [2.75, 3.05) is 11.8 Å². The highest BCUT2D eigenvalue weighted by Gasteiger charge is 2.27. The third kappa shape index (κ3) is 4.14. The predicted molar refractivity (Wildman–Crippen MR) is 117 cm³/mol. The van der Waals surface area contributed by atoms with Crippen LogP contribution in [0.4, 0.5) is 14.5 Å². The molecule has 2 N–H and O–H groups in total. The molecule has 2 aromatic heterocycles. The number of nitrogens with zero attached hydrogens (tertiary/aromatic N) is 2. The zero-order valence-corrected chi connectivity index (χ0v) is 18.1. The molecule has 6 nitrogen and oxygen atoms in total. The van der Waals surface area contributed by atoms with E-state index in [1.165, 1.54) is 43.2 Å². The van der Waals surface area contributed by atoms with E-state index in [1.54, 1.807) is 0 Å². The summed E-state index contributed by atoms with van der Waals surface area (Å²) in [4.78, 5) is 24.0. The summed E-state index contributed by atoms with van der Waals surface area (Å²) >= 11 is 1.36. The molecule has 31 heavy (non-hydrogen) atoms. The van der Waals surface area contributed by atoms with Crippen molar-refractivity contribution < 1.29 is 18.3 Å². The summed E-state index contributed by atoms with van der Waals surface area (Å²) in [6.45, 7) is 4.26. The number of H-pyrrole nitrogens is 1. The first-order chi connectivity index (χ1) is 14.9. The normalized spacial score (nSPS) is 18.7. The van der Waals surface area contributed by atoms with Crippen LogP contribution in [0.25, 0.3) is 11.0 Å². The number of carbonyl (C=O) groups is 1. The lowest BCUT2D eigenvalue weighted by molar-refractivity contribution is 0.103. The second-order valence-corrected chi connectivity index (χ2v) is 8.78. The van der Waals surface area contributed by atoms with E-state index in [-0.39, 0.29) is 27.8 Å². The van der Waals surface area contributed by atoms with Crippen molar-refractivity contribution in [3.63, 3.8) is 0 Å². The van der Waals surface area contributed by atoms with E-state index in [0.717, 1.165) is 18.9 Å². The summed E-state index contributed by atoms with van der Waals surface area (Å²) in [5, 5.41) is 0.445. The van der Waals surface area contributed by atoms with Gasteiger partial charge in [0.25, 0.3) is 0 Å². The zero-order chi connectivity index (χ0) is 22.1. The van der Waals surface area contributed by atoms with Gasteiger partial charge in [-0.05, 0) is 49.8 Å². The topological polar surface area (TPSA) is 79.9 Å². The maximum Gasteiger partial charge on any atom is 0.226 e. The molecule has 2 unspecified atom stereocenters. The summed E-state index contributed by atoms with van der Waals surface area (Å²) < 4.78 is 38.0. The average molecular weight is 445 g/mol. The first kappa shape index (κ1) is 21.3. The number of allylic oxidation sites excluding steroid dienone is 1. The molecule has 0 saturated heterocycles. The van der Waals surface area contributed by atoms with Gasteiger partial charge in [0.05, 0.1) is 29.3 Å². The van der Waals surface area contributed by atoms with Gasteiger partial charge in [-0.25, -0.2) is 18.7 Å². The quantitative estimate of drug-likeness (QED) is 0.306. The summed E-state index contributed by atoms with van der Waals surface area (Å²) in [5.41, 5.74) is 1.09. The summed E-state index contributed by atoms with van der Waals surface area (Å²) in [7, 11) is 1.40. The molecule has 0 amide bonds. The van der Waals surface area contributed by atoms with Crippen molar-refractivity contribution in [2.45, 2.75) is 31.9 Å². The number of nitrogens with one attached hydrogen (secondary N) is 2. The number of halogens is 2. The fourth-order valence-corrected chi connectivity index (χ4v) is 5.11. The molecule has 0 spiro atoms. The van der Waals surface area contributed by atoms with Crippen LogP contribution in [0.5, 0.6) is 5.88 Å². The van der Waals surface area contributed by atoms with Gasteiger partial charge in [-0.1, -0.05) is 18.6 Å². The Morgan fingerprint density at radius 3 is 2.87 bits per heavy atom. The number of ether oxygens (including phenoxy) is 1. The minimum Gasteiger partial charge on any atom is -0.480 e. The van der Waals surface area contributed by atoms with Crippen molar-refractivity contribution in [3.05, 3.63) is 59.1 Å². The lowest BCUT2D eigenvalue weighted by atomic mass is 9.91. The molecule has 1 aliphatic carbocycles. The number of methoxy groups -OCH3 is 1. The number of hydrogen-bond acceptors (Lipinski definition) is 6. The highest BCUT2D eigenvalue weighted by Crippen LogP contribution is 2.34. The van der Waals surface area contributed by atoms with E-state index in [4.69, 9.17) is 4.74 Å². The van der Waals surface area contributed by atoms with Gasteiger partial charge >= 0.3 is 0 Å². The van der Waals surface area contributed by atoms with Gasteiger partial charge in [0.2, 0.25) is 11.7 Å². The van der Waals surface area contributed by atoms with Gasteiger partial charge in [-0.15, -0.1) is 0 Å². The van der Waals surface area contributed by atoms with E-state index >= 15 is 4.39 Å². The van der Waals surface area contributed by atoms with E-state index in [0.29, 0.717) is 11.6 Å². The van der Waals surface area contributed by atoms with Crippen LogP contribution in [0.1, 0.15) is 42.6 Å². The summed E-state index contributed by atoms with van der Waals surface area (Å²) in [6.07, 6.45) is 6.80. The van der Waals surface area contributed by atoms with Gasteiger partial charge in [0.15, 0.2) is 5.82 Å². The monoisotopic (exact) mass is 444 g/mol. The van der Waals surface area contributed by atoms with Crippen molar-refractivity contribution in [3.8, 4) is 5.88 Å². The first-order valence-electron chi connectivity index (χ1n) is 9.86. The van der Waals surface area contributed by atoms with Crippen LogP contribution >= 0.6 is 11.9 Å². The SMILES string of the molecule is COc1ncnc2[nH]cc(C(=O)c3c(F)ccc(NSC4C=C(C)CC(C)C4)c3F)c12. The minimum atomic E-state index is -0.940. The number of fused-ring (bicyclic) bond motifs is 1. The lowest BCUT2D eigenvalue weighted by Crippen LogP contribution is -2.15. The molecule has 1 aromatic carbocycles. The number of rotatable bonds is 6. The molecule has 3 aromatic rings. The number of anilines is 1. The molecule has 0 radical (unpaired) electrons. The largest absolute Gasteiger partial charge is 0.480 e. The van der Waals surface area contributed by atoms with E-state index in [2.05, 4.69) is 39.6 Å². The molecule has 2 heterocycles. The van der Waals surface area contributed by atoms with E-state index < -0.39 is 23.0 Å². The fraction of sp³-hybridized carbons (Fsp3) is 0.318. The Bertz CT molecular complexity index is 1180. The average Bonchev–Trinajstić information content (AvgIpc) is 3.17. The van der Waals surface area contributed by atoms with Gasteiger partial charge < -0.3 is 14.4 Å². The van der Waals surface area contributed by atoms with Crippen LogP contribution in [0.2, 0.25) is 0 Å². The minimum absolute atomic E-state index is 0.0368. The molecule has 4 rings (SSSR count). The Balaban J connectivity index is 1.65. The smallest absolute Gasteiger partial charge is 0.226 e. The molecule has 0 aliphatic heterocycles. The van der Waals surface area contributed by atoms with Crippen molar-refractivity contribution in [2.24, 2.45) is 5.92 Å². The zero-order valence-electron chi connectivity index (χ0n) is 17.3. The lowest BCUT2D eigenvalue weighted by Gasteiger charge is -2.24. The van der Waals surface area contributed by atoms with Gasteiger partial charge in [0, 0.05) is 11.4 Å². The van der Waals surface area contributed by atoms with Crippen molar-refractivity contribution in [1.29, 1.82) is 0 Å². The number of carbonyl (C=O) groups excluding carboxylic acids is 1. The summed E-state index contributed by atoms with van der Waals surface area (Å²) in [6, 6.07) is 2.39. The third-order valence-corrected chi connectivity index (χ3v) is 6.26. The van der Waals surface area contributed by atoms with Crippen LogP contribution in [0.3, 0.4) is 0 Å². The first-order valence-corrected chi connectivity index (χ1v) is 10.7. The molecule has 1 aliphatic rings. The Labute approximate surface area is 182 Å². The Hall–Kier alpha value is -2.94. The van der Waals surface area contributed by atoms with Crippen LogP contribution in [0, 0.1) is 17.6 Å². The molecule has 2 atom stereocenters. The molecule has 0 fully saturated rings. The number of benzene rings is 1. The van der Waals surface area contributed by atoms with Crippen LogP contribution in [-0.2, 0) is 0 Å². The van der Waals surface area contributed by atoms with Crippen LogP contribution in [0.15, 0.2) is 36.3 Å². The molecule has 0 saturated carbocycles. The van der Waals surface area contributed by atoms with Crippen molar-refractivity contribution >= 4 is 34.5 Å². The maximum atomic E-state index is 15.2. The second-order valence-electron chi connectivity index (χ2n) is 7.74. The van der Waals surface area contributed by atoms with E-state index in [9.17, 15) is 9.18 Å². The summed E-state index contributed by atoms with van der Waals surface area (Å²) in [5.74, 6) is -2.00. The Kier molecular flexibility index (Phi) is 5.95. The highest BCUT2D eigenvalue weighted by molar-refractivity contribution is 8.01. The molecule has 162 valence electrons. The standard InChI is InChI=1S/C22H22F2N4O2S/c1-11-6-12(2)8-13(7-11)31-28-16-5-4-15(23)18(19(16)24)20(29)14-9-25-21-17(14)22(30-3)27-10-26-21/h4-5,7,9-10,12-13,28H,6,8H2,1-3H3,(H,25,26,27). The Morgan fingerprint density at radius 2 is 2.13 bits per heavy atom. The van der Waals surface area contributed by atoms with E-state index in [1.807, 2.05) is 0 Å². The van der Waals surface area contributed by atoms with Gasteiger partial charge in [-0.3, -0.25) is 4.79 Å². The van der Waals surface area contributed by atoms with Gasteiger partial charge in [0.1, 0.15) is 17.8 Å². The van der Waals surface area contributed by atoms with Crippen molar-refractivity contribution in [1.82, 2.24) is 15.0 Å². The van der Waals surface area contributed by atoms with Crippen LogP contribution in [-0.4, -0.2) is 33.1 Å². The number of aromatic amines is 1. The molecular formula is C22H22F2N4O2S.